The maximum Gasteiger partial charge on any atom is 0.285 e. The Hall–Kier alpha value is -5.48. The third-order valence-electron chi connectivity index (χ3n) is 6.18. The van der Waals surface area contributed by atoms with E-state index in [1.807, 2.05) is 0 Å². The highest BCUT2D eigenvalue weighted by atomic mass is 32.3. The normalized spacial score (nSPS) is 11.3. The van der Waals surface area contributed by atoms with Gasteiger partial charge in [-0.15, -0.1) is 3.71 Å². The number of hydrogen-bond acceptors (Lipinski definition) is 11. The summed E-state index contributed by atoms with van der Waals surface area (Å²) in [5.41, 5.74) is 4.85. The van der Waals surface area contributed by atoms with Crippen LogP contribution >= 0.6 is 0 Å². The van der Waals surface area contributed by atoms with E-state index < -0.39 is 57.8 Å². The largest absolute Gasteiger partial charge is 0.496 e. The number of nitrogen functional groups attached to an aromatic ring is 1. The Morgan fingerprint density at radius 3 is 1.86 bits per heavy atom. The molecule has 0 saturated heterocycles. The molecule has 0 atom stereocenters. The predicted octanol–water partition coefficient (Wildman–Crippen LogP) is 3.67. The molecule has 4 aromatic carbocycles. The third-order valence-corrected chi connectivity index (χ3v) is 10.3. The van der Waals surface area contributed by atoms with Gasteiger partial charge < -0.3 is 20.5 Å². The van der Waals surface area contributed by atoms with E-state index in [0.717, 1.165) is 49.6 Å². The Balaban J connectivity index is 1.87. The van der Waals surface area contributed by atoms with Gasteiger partial charge in [-0.3, -0.25) is 19.7 Å². The van der Waals surface area contributed by atoms with Crippen molar-refractivity contribution < 1.29 is 40.8 Å². The lowest BCUT2D eigenvalue weighted by atomic mass is 10.1. The van der Waals surface area contributed by atoms with E-state index in [0.29, 0.717) is 0 Å². The fourth-order valence-electron chi connectivity index (χ4n) is 4.06. The van der Waals surface area contributed by atoms with E-state index in [1.165, 1.54) is 37.4 Å². The van der Waals surface area contributed by atoms with Crippen LogP contribution in [-0.2, 0) is 20.0 Å². The van der Waals surface area contributed by atoms with Crippen molar-refractivity contribution in [1.82, 2.24) is 3.71 Å². The molecule has 14 nitrogen and oxygen atoms in total. The van der Waals surface area contributed by atoms with E-state index in [2.05, 4.69) is 5.32 Å². The van der Waals surface area contributed by atoms with Crippen molar-refractivity contribution in [1.29, 1.82) is 0 Å². The second-order valence-corrected chi connectivity index (χ2v) is 12.7. The van der Waals surface area contributed by atoms with Crippen molar-refractivity contribution in [2.24, 2.45) is 0 Å². The molecule has 4 aromatic rings. The van der Waals surface area contributed by atoms with Gasteiger partial charge in [-0.25, -0.2) is 0 Å². The Morgan fingerprint density at radius 2 is 1.32 bits per heavy atom. The molecule has 0 aliphatic heterocycles. The number of ether oxygens (including phenoxy) is 2. The molecule has 0 aliphatic rings. The van der Waals surface area contributed by atoms with Crippen LogP contribution in [0.25, 0.3) is 0 Å². The molecule has 16 heteroatoms. The monoisotopic (exact) mass is 640 g/mol. The van der Waals surface area contributed by atoms with Gasteiger partial charge >= 0.3 is 0 Å². The van der Waals surface area contributed by atoms with Crippen molar-refractivity contribution in [2.75, 3.05) is 25.3 Å². The Bertz CT molecular complexity index is 1960. The first-order chi connectivity index (χ1) is 20.8. The number of nitro groups is 1. The lowest BCUT2D eigenvalue weighted by Crippen LogP contribution is -2.42. The van der Waals surface area contributed by atoms with Crippen LogP contribution in [0.15, 0.2) is 101 Å². The number of rotatable bonds is 10. The molecule has 0 spiro atoms. The van der Waals surface area contributed by atoms with Crippen molar-refractivity contribution in [2.45, 2.75) is 9.79 Å². The highest BCUT2D eigenvalue weighted by Crippen LogP contribution is 2.35. The predicted molar refractivity (Wildman–Crippen MR) is 158 cm³/mol. The average molecular weight is 641 g/mol. The van der Waals surface area contributed by atoms with Gasteiger partial charge in [0.25, 0.3) is 37.5 Å². The van der Waals surface area contributed by atoms with Crippen LogP contribution in [0.5, 0.6) is 11.5 Å². The van der Waals surface area contributed by atoms with E-state index >= 15 is 0 Å². The molecule has 0 bridgehead atoms. The molecule has 228 valence electrons. The molecule has 0 unspecified atom stereocenters. The number of methoxy groups -OCH3 is 2. The molecule has 0 fully saturated rings. The fourth-order valence-corrected chi connectivity index (χ4v) is 7.59. The maximum absolute atomic E-state index is 14.0. The van der Waals surface area contributed by atoms with Crippen LogP contribution in [0.1, 0.15) is 20.7 Å². The molecule has 3 N–H and O–H groups in total. The zero-order valence-electron chi connectivity index (χ0n) is 23.0. The Morgan fingerprint density at radius 1 is 0.773 bits per heavy atom. The Labute approximate surface area is 251 Å². The van der Waals surface area contributed by atoms with Crippen LogP contribution in [0.4, 0.5) is 17.1 Å². The number of anilines is 2. The molecule has 44 heavy (non-hydrogen) atoms. The van der Waals surface area contributed by atoms with Gasteiger partial charge in [0.2, 0.25) is 0 Å². The van der Waals surface area contributed by atoms with Crippen LogP contribution < -0.4 is 20.5 Å². The number of nitrogens with zero attached hydrogens (tertiary/aromatic N) is 2. The summed E-state index contributed by atoms with van der Waals surface area (Å²) >= 11 is 0. The lowest BCUT2D eigenvalue weighted by Gasteiger charge is -2.24. The SMILES string of the molecule is COc1ccccc1C(=O)Nc1cccc(C(=O)N(S(=O)(=O)c2ccc(N)cc2)S(=O)(=O)c2ccc([N+](=O)[O-])cc2)c1OC. The van der Waals surface area contributed by atoms with Crippen LogP contribution in [-0.4, -0.2) is 51.5 Å². The molecule has 0 heterocycles. The van der Waals surface area contributed by atoms with E-state index in [9.17, 15) is 36.5 Å². The van der Waals surface area contributed by atoms with Crippen LogP contribution in [0, 0.1) is 10.1 Å². The maximum atomic E-state index is 14.0. The number of amides is 2. The molecule has 0 saturated carbocycles. The molecule has 4 rings (SSSR count). The van der Waals surface area contributed by atoms with Gasteiger partial charge in [-0.05, 0) is 60.7 Å². The summed E-state index contributed by atoms with van der Waals surface area (Å²) in [4.78, 5) is 36.1. The first-order valence-electron chi connectivity index (χ1n) is 12.4. The van der Waals surface area contributed by atoms with Gasteiger partial charge in [-0.2, -0.15) is 16.8 Å². The summed E-state index contributed by atoms with van der Waals surface area (Å²) in [6.45, 7) is 0. The van der Waals surface area contributed by atoms with Gasteiger partial charge in [0.1, 0.15) is 5.75 Å². The smallest absolute Gasteiger partial charge is 0.285 e. The topological polar surface area (TPSA) is 205 Å². The fraction of sp³-hybridized carbons (Fsp3) is 0.0714. The summed E-state index contributed by atoms with van der Waals surface area (Å²) in [5.74, 6) is -2.34. The first-order valence-corrected chi connectivity index (χ1v) is 15.3. The summed E-state index contributed by atoms with van der Waals surface area (Å²) in [6, 6.07) is 17.7. The number of carbonyl (C=O) groups excluding carboxylic acids is 2. The van der Waals surface area contributed by atoms with Crippen molar-refractivity contribution in [3.63, 3.8) is 0 Å². The number of nitro benzene ring substituents is 1. The number of nitrogens with two attached hydrogens (primary N) is 1. The van der Waals surface area contributed by atoms with Crippen LogP contribution in [0.2, 0.25) is 0 Å². The quantitative estimate of drug-likeness (QED) is 0.145. The second kappa shape index (κ2) is 12.4. The number of carbonyl (C=O) groups is 2. The zero-order chi connectivity index (χ0) is 32.2. The van der Waals surface area contributed by atoms with Gasteiger partial charge in [-0.1, -0.05) is 18.2 Å². The summed E-state index contributed by atoms with van der Waals surface area (Å²) in [7, 11) is -7.90. The third kappa shape index (κ3) is 6.02. The van der Waals surface area contributed by atoms with Crippen molar-refractivity contribution >= 4 is 48.9 Å². The molecule has 0 aliphatic carbocycles. The molecular weight excluding hydrogens is 616 g/mol. The van der Waals surface area contributed by atoms with E-state index in [1.54, 1.807) is 18.2 Å². The second-order valence-electron chi connectivity index (χ2n) is 8.87. The minimum Gasteiger partial charge on any atom is -0.496 e. The molecule has 2 amide bonds. The van der Waals surface area contributed by atoms with E-state index in [4.69, 9.17) is 15.2 Å². The van der Waals surface area contributed by atoms with Crippen LogP contribution in [0.3, 0.4) is 0 Å². The van der Waals surface area contributed by atoms with Gasteiger partial charge in [0.05, 0.1) is 45.7 Å². The van der Waals surface area contributed by atoms with Crippen molar-refractivity contribution in [3.05, 3.63) is 112 Å². The standard InChI is InChI=1S/C28H24N4O10S2/c1-41-25-9-4-3-6-22(25)27(33)30-24-8-5-7-23(26(24)42-2)28(34)32(43(37,38)20-14-10-18(29)11-15-20)44(39,40)21-16-12-19(13-17-21)31(35)36/h3-17H,29H2,1-2H3,(H,30,33). The summed E-state index contributed by atoms with van der Waals surface area (Å²) in [6.07, 6.45) is 0. The number of sulfonamides is 2. The summed E-state index contributed by atoms with van der Waals surface area (Å²) in [5, 5.41) is 13.7. The number of non-ortho nitro benzene ring substituents is 1. The Kier molecular flexibility index (Phi) is 8.87. The van der Waals surface area contributed by atoms with Gasteiger partial charge in [0.15, 0.2) is 5.75 Å². The van der Waals surface area contributed by atoms with Crippen molar-refractivity contribution in [3.8, 4) is 11.5 Å². The zero-order valence-corrected chi connectivity index (χ0v) is 24.7. The minimum absolute atomic E-state index is 0.0909. The van der Waals surface area contributed by atoms with Gasteiger partial charge in [0, 0.05) is 17.8 Å². The van der Waals surface area contributed by atoms with E-state index in [-0.39, 0.29) is 32.1 Å². The number of benzene rings is 4. The molecular formula is C28H24N4O10S2. The lowest BCUT2D eigenvalue weighted by molar-refractivity contribution is -0.384. The number of nitrogens with one attached hydrogen (secondary N) is 1. The first kappa shape index (κ1) is 31.5. The highest BCUT2D eigenvalue weighted by molar-refractivity contribution is 8.05. The number of para-hydroxylation sites is 2. The average Bonchev–Trinajstić information content (AvgIpc) is 3.00. The number of hydrogen-bond donors (Lipinski definition) is 2. The molecule has 0 radical (unpaired) electrons. The highest BCUT2D eigenvalue weighted by Gasteiger charge is 2.42. The minimum atomic E-state index is -5.24. The molecule has 0 aromatic heterocycles. The summed E-state index contributed by atoms with van der Waals surface area (Å²) < 4.78 is 65.6.